The summed E-state index contributed by atoms with van der Waals surface area (Å²) in [7, 11) is 0. The summed E-state index contributed by atoms with van der Waals surface area (Å²) in [6, 6.07) is 5.46. The molecule has 0 radical (unpaired) electrons. The number of carboxylic acids is 1. The Hall–Kier alpha value is -4.87. The first-order chi connectivity index (χ1) is 17.7. The summed E-state index contributed by atoms with van der Waals surface area (Å²) >= 11 is 0. The number of aromatic nitrogens is 1. The molecule has 192 valence electrons. The molecule has 1 aromatic heterocycles. The highest BCUT2D eigenvalue weighted by atomic mass is 16.4. The number of pyridine rings is 1. The molecule has 0 aliphatic carbocycles. The Morgan fingerprint density at radius 1 is 1.22 bits per heavy atom. The van der Waals surface area contributed by atoms with Crippen LogP contribution < -0.4 is 20.4 Å². The van der Waals surface area contributed by atoms with Gasteiger partial charge in [0.05, 0.1) is 30.4 Å². The quantitative estimate of drug-likeness (QED) is 0.386. The van der Waals surface area contributed by atoms with Crippen LogP contribution in [0.3, 0.4) is 0 Å². The van der Waals surface area contributed by atoms with E-state index in [9.17, 15) is 28.8 Å². The maximum atomic E-state index is 13.6. The summed E-state index contributed by atoms with van der Waals surface area (Å²) in [6.45, 7) is 4.56. The monoisotopic (exact) mass is 507 g/mol. The van der Waals surface area contributed by atoms with Crippen LogP contribution in [0.4, 0.5) is 11.4 Å². The zero-order chi connectivity index (χ0) is 27.1. The lowest BCUT2D eigenvalue weighted by atomic mass is 10.1. The van der Waals surface area contributed by atoms with E-state index < -0.39 is 48.7 Å². The van der Waals surface area contributed by atoms with Crippen molar-refractivity contribution in [3.8, 4) is 0 Å². The minimum absolute atomic E-state index is 0.0661. The lowest BCUT2D eigenvalue weighted by molar-refractivity contribution is -0.138. The number of nitrogens with one attached hydrogen (secondary N) is 2. The van der Waals surface area contributed by atoms with E-state index in [1.54, 1.807) is 37.3 Å². The molecule has 1 aromatic carbocycles. The summed E-state index contributed by atoms with van der Waals surface area (Å²) in [6.07, 6.45) is 3.15. The van der Waals surface area contributed by atoms with Crippen LogP contribution in [-0.2, 0) is 24.0 Å². The third kappa shape index (κ3) is 6.04. The van der Waals surface area contributed by atoms with E-state index in [2.05, 4.69) is 22.2 Å². The highest BCUT2D eigenvalue weighted by Crippen LogP contribution is 2.32. The van der Waals surface area contributed by atoms with E-state index in [1.165, 1.54) is 17.2 Å². The van der Waals surface area contributed by atoms with Crippen LogP contribution >= 0.6 is 0 Å². The van der Waals surface area contributed by atoms with Crippen molar-refractivity contribution in [2.24, 2.45) is 0 Å². The third-order valence-corrected chi connectivity index (χ3v) is 5.75. The summed E-state index contributed by atoms with van der Waals surface area (Å²) < 4.78 is 0. The Labute approximate surface area is 212 Å². The van der Waals surface area contributed by atoms with Gasteiger partial charge < -0.3 is 25.4 Å². The number of amides is 4. The number of fused-ring (bicyclic) bond motifs is 1. The number of para-hydroxylation sites is 2. The second-order valence-corrected chi connectivity index (χ2v) is 8.18. The van der Waals surface area contributed by atoms with Crippen molar-refractivity contribution in [3.05, 3.63) is 59.9 Å². The number of carbonyl (C=O) groups excluding carboxylic acids is 5. The molecule has 2 aromatic rings. The molecule has 12 heteroatoms. The molecule has 3 N–H and O–H groups in total. The topological polar surface area (TPSA) is 166 Å². The molecule has 3 rings (SSSR count). The molecular weight excluding hydrogens is 482 g/mol. The minimum Gasteiger partial charge on any atom is -0.481 e. The van der Waals surface area contributed by atoms with E-state index in [-0.39, 0.29) is 24.2 Å². The predicted octanol–water partition coefficient (Wildman–Crippen LogP) is 0.299. The van der Waals surface area contributed by atoms with Crippen molar-refractivity contribution in [3.63, 3.8) is 0 Å². The fourth-order valence-corrected chi connectivity index (χ4v) is 3.93. The summed E-state index contributed by atoms with van der Waals surface area (Å²) in [4.78, 5) is 79.8. The van der Waals surface area contributed by atoms with Gasteiger partial charge in [-0.2, -0.15) is 0 Å². The highest BCUT2D eigenvalue weighted by molar-refractivity contribution is 6.09. The van der Waals surface area contributed by atoms with Gasteiger partial charge >= 0.3 is 5.97 Å². The van der Waals surface area contributed by atoms with Gasteiger partial charge in [0.25, 0.3) is 11.8 Å². The Kier molecular flexibility index (Phi) is 8.46. The molecular formula is C25H25N5O7. The van der Waals surface area contributed by atoms with Crippen molar-refractivity contribution in [1.82, 2.24) is 15.6 Å². The van der Waals surface area contributed by atoms with E-state index >= 15 is 0 Å². The molecule has 0 bridgehead atoms. The zero-order valence-corrected chi connectivity index (χ0v) is 19.9. The van der Waals surface area contributed by atoms with Crippen LogP contribution in [0.2, 0.25) is 0 Å². The Morgan fingerprint density at radius 3 is 2.54 bits per heavy atom. The van der Waals surface area contributed by atoms with Gasteiger partial charge in [0, 0.05) is 6.20 Å². The Morgan fingerprint density at radius 2 is 1.92 bits per heavy atom. The fourth-order valence-electron chi connectivity index (χ4n) is 3.93. The van der Waals surface area contributed by atoms with Crippen molar-refractivity contribution in [1.29, 1.82) is 0 Å². The number of hydrogen-bond acceptors (Lipinski definition) is 7. The van der Waals surface area contributed by atoms with Gasteiger partial charge in [-0.15, -0.1) is 0 Å². The summed E-state index contributed by atoms with van der Waals surface area (Å²) in [5, 5.41) is 13.8. The average Bonchev–Trinajstić information content (AvgIpc) is 2.98. The third-order valence-electron chi connectivity index (χ3n) is 5.75. The molecule has 0 fully saturated rings. The molecule has 2 heterocycles. The van der Waals surface area contributed by atoms with Crippen LogP contribution in [0.5, 0.6) is 0 Å². The number of carbonyl (C=O) groups is 6. The lowest BCUT2D eigenvalue weighted by Crippen LogP contribution is -2.54. The van der Waals surface area contributed by atoms with Crippen LogP contribution in [0, 0.1) is 6.92 Å². The Bertz CT molecular complexity index is 1260. The largest absolute Gasteiger partial charge is 0.481 e. The molecule has 1 aliphatic heterocycles. The fraction of sp³-hybridized carbons (Fsp3) is 0.240. The molecule has 2 atom stereocenters. The molecule has 1 aliphatic rings. The van der Waals surface area contributed by atoms with Gasteiger partial charge in [-0.3, -0.25) is 33.9 Å². The molecule has 0 saturated carbocycles. The second kappa shape index (κ2) is 11.7. The number of aliphatic carboxylic acids is 1. The first-order valence-corrected chi connectivity index (χ1v) is 11.2. The number of nitrogens with zero attached hydrogens (tertiary/aromatic N) is 3. The normalized spacial score (nSPS) is 15.6. The van der Waals surface area contributed by atoms with Gasteiger partial charge in [-0.05, 0) is 36.2 Å². The standard InChI is InChI=1S/C25H25N5O7/c1-3-16-8-9-26-23(15(16)2)24(36)28-18-11-29(14-32)19-6-4-5-7-20(19)30(25(18)37)12-21(33)27-17(13-31)10-22(34)35/h3-9,13-14,17-18H,1,10-12H2,2H3,(H,27,33)(H,28,36)(H,34,35)/t17-,18-/m0/s1. The SMILES string of the molecule is C=Cc1ccnc(C(=O)N[C@H]2CN(C=O)c3ccccc3N(CC(=O)N[C@H](C=O)CC(=O)O)C2=O)c1C. The van der Waals surface area contributed by atoms with Gasteiger partial charge in [0.2, 0.25) is 12.3 Å². The highest BCUT2D eigenvalue weighted by Gasteiger charge is 2.36. The van der Waals surface area contributed by atoms with Gasteiger partial charge in [0.1, 0.15) is 24.6 Å². The van der Waals surface area contributed by atoms with Crippen molar-refractivity contribution < 1.29 is 33.9 Å². The van der Waals surface area contributed by atoms with Crippen LogP contribution in [-0.4, -0.2) is 71.7 Å². The first kappa shape index (κ1) is 26.7. The van der Waals surface area contributed by atoms with E-state index in [4.69, 9.17) is 5.11 Å². The predicted molar refractivity (Wildman–Crippen MR) is 133 cm³/mol. The molecule has 12 nitrogen and oxygen atoms in total. The van der Waals surface area contributed by atoms with Gasteiger partial charge in [-0.1, -0.05) is 24.8 Å². The number of aldehydes is 1. The van der Waals surface area contributed by atoms with Gasteiger partial charge in [-0.25, -0.2) is 0 Å². The lowest BCUT2D eigenvalue weighted by Gasteiger charge is -2.25. The first-order valence-electron chi connectivity index (χ1n) is 11.2. The maximum Gasteiger partial charge on any atom is 0.305 e. The summed E-state index contributed by atoms with van der Waals surface area (Å²) in [5.41, 5.74) is 1.82. The second-order valence-electron chi connectivity index (χ2n) is 8.18. The van der Waals surface area contributed by atoms with Crippen LogP contribution in [0.1, 0.15) is 28.0 Å². The maximum absolute atomic E-state index is 13.6. The van der Waals surface area contributed by atoms with Crippen molar-refractivity contribution in [2.75, 3.05) is 22.9 Å². The molecule has 0 spiro atoms. The molecule has 0 saturated heterocycles. The van der Waals surface area contributed by atoms with Crippen molar-refractivity contribution >= 4 is 53.8 Å². The number of hydrogen-bond donors (Lipinski definition) is 3. The van der Waals surface area contributed by atoms with E-state index in [0.717, 1.165) is 4.90 Å². The van der Waals surface area contributed by atoms with Crippen LogP contribution in [0.15, 0.2) is 43.1 Å². The number of carboxylic acid groups (broad SMARTS) is 1. The Balaban J connectivity index is 1.93. The van der Waals surface area contributed by atoms with E-state index in [0.29, 0.717) is 23.2 Å². The van der Waals surface area contributed by atoms with Crippen LogP contribution in [0.25, 0.3) is 6.08 Å². The number of benzene rings is 1. The number of anilines is 2. The van der Waals surface area contributed by atoms with Gasteiger partial charge in [0.15, 0.2) is 0 Å². The molecule has 0 unspecified atom stereocenters. The smallest absolute Gasteiger partial charge is 0.305 e. The average molecular weight is 508 g/mol. The van der Waals surface area contributed by atoms with E-state index in [1.807, 2.05) is 0 Å². The minimum atomic E-state index is -1.30. The molecule has 4 amide bonds. The zero-order valence-electron chi connectivity index (χ0n) is 19.9. The number of rotatable bonds is 10. The van der Waals surface area contributed by atoms with Crippen molar-refractivity contribution in [2.45, 2.75) is 25.4 Å². The summed E-state index contributed by atoms with van der Waals surface area (Å²) in [5.74, 6) is -3.45. The molecule has 37 heavy (non-hydrogen) atoms.